The topological polar surface area (TPSA) is 385 Å². The number of hydrogen-bond acceptors (Lipinski definition) is 20. The molecule has 7 N–H and O–H groups in total. The Morgan fingerprint density at radius 1 is 0.649 bits per heavy atom. The van der Waals surface area contributed by atoms with Gasteiger partial charge in [-0.05, 0) is 95.2 Å². The van der Waals surface area contributed by atoms with Gasteiger partial charge >= 0.3 is 11.9 Å². The van der Waals surface area contributed by atoms with Gasteiger partial charge in [-0.3, -0.25) is 52.7 Å². The second-order valence-electron chi connectivity index (χ2n) is 27.1. The quantitative estimate of drug-likeness (QED) is 0.0710. The number of carbonyl (C=O) groups excluding carboxylic acids is 12. The summed E-state index contributed by atoms with van der Waals surface area (Å²) in [6, 6.07) is -6.23. The molecule has 5 aliphatic heterocycles. The third kappa shape index (κ3) is 15.0. The second kappa shape index (κ2) is 29.8. The number of rotatable bonds is 11. The fourth-order valence-corrected chi connectivity index (χ4v) is 13.1. The SMILES string of the molecule is Cc1c2oc3c(C)c(NCc4ccco4)cc(C(=O)N[C@@H]4C(=O)N[C@H](C(C)C)C(=O)N5CCC[C@@H]5C(=O)N(C)CC(=O)N(C)[C@@H](C(C)C)C(=O)O[C@@H]4C)c3nc-2c(C(=O)N[C@H]2C(=O)N[C@@H](C(C)C)C(=O)N3CCC[C@H]3C(=O)N(C)CC(=O)N(C)[C@H](C(C)C)C(=O)O[C@H]2C)c(N)c1=O. The summed E-state index contributed by atoms with van der Waals surface area (Å²) in [6.07, 6.45) is -0.324. The monoisotopic (exact) mass is 1350 g/mol. The molecule has 10 atom stereocenters. The van der Waals surface area contributed by atoms with E-state index in [1.165, 1.54) is 80.9 Å². The minimum atomic E-state index is -1.91. The van der Waals surface area contributed by atoms with Gasteiger partial charge in [0.05, 0.1) is 42.7 Å². The van der Waals surface area contributed by atoms with Gasteiger partial charge in [-0.2, -0.15) is 0 Å². The number of fused-ring (bicyclic) bond motifs is 4. The molecule has 4 fully saturated rings. The molecule has 10 amide bonds. The van der Waals surface area contributed by atoms with Crippen LogP contribution in [0.1, 0.15) is 133 Å². The van der Waals surface area contributed by atoms with Crippen LogP contribution in [0.25, 0.3) is 22.6 Å². The number of nitrogens with two attached hydrogens (primary N) is 1. The molecule has 8 rings (SSSR count). The standard InChI is InChI=1S/C67H91N13O17/c1-30(2)47-64(90)79-23-17-21-41(79)62(88)75(13)28-43(81)77(15)53(32(5)6)66(92)95-36(11)49(60(86)71-47)73-58(84)39-26-40(69-27-38-20-19-25-94-38)34(9)56-51(39)70-52-45(46(68)55(83)35(10)57(52)97-56)59(85)74-50-37(12)96-67(93)54(33(7)8)78(16)44(82)29-76(14)63(89)42-22-18-24-80(42)65(91)48(31(3)4)72-61(50)87/h19-20,25-26,30-33,36-37,41-42,47-50,53-54,69H,17-18,21-24,27-29,68H2,1-16H3,(H,71,86)(H,72,87)(H,73,84)(H,74,85)/t36-,37+,41-,42+,47-,48+,49+,50-,53+,54-/m1/s1. The average molecular weight is 1350 g/mol. The van der Waals surface area contributed by atoms with E-state index in [-0.39, 0.29) is 66.2 Å². The molecule has 1 aromatic carbocycles. The van der Waals surface area contributed by atoms with Gasteiger partial charge < -0.3 is 80.0 Å². The van der Waals surface area contributed by atoms with Crippen LogP contribution >= 0.6 is 0 Å². The van der Waals surface area contributed by atoms with Crippen LogP contribution in [0.2, 0.25) is 0 Å². The zero-order valence-electron chi connectivity index (χ0n) is 57.9. The first kappa shape index (κ1) is 73.2. The van der Waals surface area contributed by atoms with Gasteiger partial charge in [-0.25, -0.2) is 14.6 Å². The van der Waals surface area contributed by atoms with E-state index in [9.17, 15) is 43.2 Å². The highest BCUT2D eigenvalue weighted by Crippen LogP contribution is 2.38. The predicted molar refractivity (Wildman–Crippen MR) is 352 cm³/mol. The molecular formula is C67H91N13O17. The molecule has 6 aliphatic rings. The van der Waals surface area contributed by atoms with E-state index in [1.54, 1.807) is 74.4 Å². The third-order valence-corrected chi connectivity index (χ3v) is 18.7. The van der Waals surface area contributed by atoms with Crippen LogP contribution < -0.4 is 37.7 Å². The number of nitrogens with zero attached hydrogens (tertiary/aromatic N) is 7. The number of cyclic esters (lactones) is 2. The first-order valence-electron chi connectivity index (χ1n) is 32.8. The van der Waals surface area contributed by atoms with Crippen molar-refractivity contribution in [1.82, 2.24) is 55.7 Å². The molecule has 97 heavy (non-hydrogen) atoms. The molecule has 1 aromatic heterocycles. The zero-order valence-corrected chi connectivity index (χ0v) is 57.9. The third-order valence-electron chi connectivity index (χ3n) is 18.7. The van der Waals surface area contributed by atoms with Gasteiger partial charge in [-0.15, -0.1) is 0 Å². The van der Waals surface area contributed by atoms with Crippen molar-refractivity contribution in [3.63, 3.8) is 0 Å². The van der Waals surface area contributed by atoms with Crippen LogP contribution in [-0.4, -0.2) is 220 Å². The molecule has 1 aliphatic carbocycles. The van der Waals surface area contributed by atoms with E-state index in [2.05, 4.69) is 26.6 Å². The van der Waals surface area contributed by atoms with E-state index in [1.807, 2.05) is 0 Å². The second-order valence-corrected chi connectivity index (χ2v) is 27.1. The normalized spacial score (nSPS) is 25.2. The highest BCUT2D eigenvalue weighted by atomic mass is 16.6. The minimum Gasteiger partial charge on any atom is -0.467 e. The van der Waals surface area contributed by atoms with Crippen molar-refractivity contribution in [2.24, 2.45) is 23.7 Å². The Hall–Kier alpha value is -9.64. The van der Waals surface area contributed by atoms with Crippen molar-refractivity contribution in [3.05, 3.63) is 62.7 Å². The van der Waals surface area contributed by atoms with Crippen molar-refractivity contribution in [2.45, 2.75) is 176 Å². The Bertz CT molecular complexity index is 3790. The lowest BCUT2D eigenvalue weighted by Gasteiger charge is -2.36. The summed E-state index contributed by atoms with van der Waals surface area (Å²) in [4.78, 5) is 202. The highest BCUT2D eigenvalue weighted by Gasteiger charge is 2.47. The fourth-order valence-electron chi connectivity index (χ4n) is 13.1. The maximum absolute atomic E-state index is 15.6. The fraction of sp³-hybridized carbons (Fsp3) is 0.582. The number of amides is 10. The Morgan fingerprint density at radius 2 is 1.11 bits per heavy atom. The minimum absolute atomic E-state index is 0.0416. The molecule has 0 radical (unpaired) electrons. The number of furan rings is 1. The summed E-state index contributed by atoms with van der Waals surface area (Å²) in [5.41, 5.74) is 3.50. The van der Waals surface area contributed by atoms with Crippen molar-refractivity contribution < 1.29 is 75.8 Å². The van der Waals surface area contributed by atoms with E-state index in [4.69, 9.17) is 29.0 Å². The number of benzene rings is 2. The molecule has 0 bridgehead atoms. The lowest BCUT2D eigenvalue weighted by molar-refractivity contribution is -0.163. The summed E-state index contributed by atoms with van der Waals surface area (Å²) in [5, 5.41) is 14.0. The Morgan fingerprint density at radius 3 is 1.55 bits per heavy atom. The van der Waals surface area contributed by atoms with E-state index in [0.717, 1.165) is 9.80 Å². The van der Waals surface area contributed by atoms with Crippen LogP contribution in [0.4, 0.5) is 11.4 Å². The number of nitrogens with one attached hydrogen (secondary N) is 5. The molecule has 0 saturated carbocycles. The van der Waals surface area contributed by atoms with Crippen LogP contribution in [0, 0.1) is 37.5 Å². The maximum Gasteiger partial charge on any atom is 0.329 e. The number of esters is 2. The molecule has 30 nitrogen and oxygen atoms in total. The zero-order chi connectivity index (χ0) is 71.7. The van der Waals surface area contributed by atoms with Gasteiger partial charge in [-0.1, -0.05) is 55.4 Å². The number of hydrogen-bond donors (Lipinski definition) is 6. The summed E-state index contributed by atoms with van der Waals surface area (Å²) in [7, 11) is 5.58. The number of aryl methyl sites for hydroxylation is 1. The number of aromatic nitrogens is 1. The first-order chi connectivity index (χ1) is 45.6. The Kier molecular flexibility index (Phi) is 22.5. The van der Waals surface area contributed by atoms with Crippen molar-refractivity contribution in [3.8, 4) is 11.5 Å². The largest absolute Gasteiger partial charge is 0.467 e. The summed E-state index contributed by atoms with van der Waals surface area (Å²) >= 11 is 0. The highest BCUT2D eigenvalue weighted by molar-refractivity contribution is 6.11. The summed E-state index contributed by atoms with van der Waals surface area (Å²) < 4.78 is 24.2. The van der Waals surface area contributed by atoms with Gasteiger partial charge in [0.2, 0.25) is 52.7 Å². The van der Waals surface area contributed by atoms with E-state index in [0.29, 0.717) is 24.2 Å². The van der Waals surface area contributed by atoms with Gasteiger partial charge in [0, 0.05) is 58.1 Å². The number of nitrogen functional groups attached to an aromatic ring is 1. The van der Waals surface area contributed by atoms with Gasteiger partial charge in [0.25, 0.3) is 11.8 Å². The Balaban J connectivity index is 1.27. The Labute approximate surface area is 562 Å². The maximum atomic E-state index is 15.6. The first-order valence-corrected chi connectivity index (χ1v) is 32.8. The number of anilines is 2. The molecule has 30 heteroatoms. The molecule has 0 unspecified atom stereocenters. The summed E-state index contributed by atoms with van der Waals surface area (Å²) in [5.74, 6) is -12.2. The van der Waals surface area contributed by atoms with Crippen molar-refractivity contribution >= 4 is 93.5 Å². The molecule has 526 valence electrons. The van der Waals surface area contributed by atoms with Crippen molar-refractivity contribution in [2.75, 3.05) is 65.4 Å². The smallest absolute Gasteiger partial charge is 0.329 e. The van der Waals surface area contributed by atoms with E-state index < -0.39 is 191 Å². The van der Waals surface area contributed by atoms with Gasteiger partial charge in [0.1, 0.15) is 77.5 Å². The van der Waals surface area contributed by atoms with E-state index >= 15 is 19.2 Å². The van der Waals surface area contributed by atoms with Crippen LogP contribution in [0.15, 0.2) is 38.1 Å². The van der Waals surface area contributed by atoms with Crippen molar-refractivity contribution in [1.29, 1.82) is 0 Å². The number of ether oxygens (including phenoxy) is 2. The lowest BCUT2D eigenvalue weighted by Crippen LogP contribution is -2.61. The average Bonchev–Trinajstić information content (AvgIpc) is 1.31. The number of likely N-dealkylation sites (N-methyl/N-ethyl adjacent to an activating group) is 4. The molecule has 0 spiro atoms. The molecule has 2 aromatic rings. The lowest BCUT2D eigenvalue weighted by atomic mass is 9.98. The van der Waals surface area contributed by atoms with Crippen LogP contribution in [-0.2, 0) is 64.0 Å². The predicted octanol–water partition coefficient (Wildman–Crippen LogP) is 1.93. The summed E-state index contributed by atoms with van der Waals surface area (Å²) in [6.45, 7) is 18.3. The van der Waals surface area contributed by atoms with Gasteiger partial charge in [0.15, 0.2) is 11.3 Å². The van der Waals surface area contributed by atoms with Crippen LogP contribution in [0.5, 0.6) is 0 Å². The van der Waals surface area contributed by atoms with Crippen LogP contribution in [0.3, 0.4) is 0 Å². The number of carbonyl (C=O) groups is 12. The molecule has 4 saturated heterocycles. The molecular weight excluding hydrogens is 1260 g/mol. The molecule has 6 heterocycles.